The van der Waals surface area contributed by atoms with E-state index in [1.54, 1.807) is 0 Å². The van der Waals surface area contributed by atoms with Crippen molar-refractivity contribution in [3.05, 3.63) is 0 Å². The Bertz CT molecular complexity index is 330. The van der Waals surface area contributed by atoms with Crippen LogP contribution in [0.25, 0.3) is 0 Å². The lowest BCUT2D eigenvalue weighted by atomic mass is 9.89. The molecule has 0 radical (unpaired) electrons. The molecular formula is C12H23NO6P+. The fraction of sp³-hybridized carbons (Fsp3) is 0.917. The van der Waals surface area contributed by atoms with Crippen LogP contribution in [0.15, 0.2) is 0 Å². The predicted molar refractivity (Wildman–Crippen MR) is 72.4 cm³/mol. The van der Waals surface area contributed by atoms with E-state index in [4.69, 9.17) is 14.4 Å². The predicted octanol–water partition coefficient (Wildman–Crippen LogP) is 0.944. The first-order valence-electron chi connectivity index (χ1n) is 6.68. The molecule has 1 rings (SSSR count). The molecule has 0 spiro atoms. The van der Waals surface area contributed by atoms with E-state index in [0.29, 0.717) is 6.42 Å². The van der Waals surface area contributed by atoms with Crippen molar-refractivity contribution >= 4 is 14.2 Å². The van der Waals surface area contributed by atoms with Crippen molar-refractivity contribution in [2.24, 2.45) is 5.41 Å². The minimum atomic E-state index is -2.63. The molecule has 1 fully saturated rings. The molecule has 0 amide bonds. The number of carbonyl (C=O) groups is 1. The summed E-state index contributed by atoms with van der Waals surface area (Å²) in [7, 11) is -2.63. The summed E-state index contributed by atoms with van der Waals surface area (Å²) >= 11 is 0. The average molecular weight is 308 g/mol. The van der Waals surface area contributed by atoms with Crippen molar-refractivity contribution in [2.75, 3.05) is 46.1 Å². The molecule has 1 atom stereocenters. The average Bonchev–Trinajstić information content (AvgIpc) is 2.42. The van der Waals surface area contributed by atoms with Gasteiger partial charge in [-0.05, 0) is 26.8 Å². The molecular weight excluding hydrogens is 285 g/mol. The van der Waals surface area contributed by atoms with Gasteiger partial charge in [0.1, 0.15) is 13.2 Å². The van der Waals surface area contributed by atoms with Crippen LogP contribution in [-0.4, -0.2) is 61.8 Å². The van der Waals surface area contributed by atoms with Gasteiger partial charge in [-0.3, -0.25) is 9.69 Å². The van der Waals surface area contributed by atoms with Crippen LogP contribution in [0.4, 0.5) is 0 Å². The van der Waals surface area contributed by atoms with Crippen LogP contribution in [0, 0.1) is 5.41 Å². The van der Waals surface area contributed by atoms with Crippen LogP contribution in [0.1, 0.15) is 20.3 Å². The maximum Gasteiger partial charge on any atom is 0.694 e. The molecule has 0 bridgehead atoms. The van der Waals surface area contributed by atoms with E-state index in [1.807, 2.05) is 13.8 Å². The largest absolute Gasteiger partial charge is 0.694 e. The Hall–Kier alpha value is -0.590. The van der Waals surface area contributed by atoms with Crippen molar-refractivity contribution in [1.82, 2.24) is 4.90 Å². The summed E-state index contributed by atoms with van der Waals surface area (Å²) in [5.41, 5.74) is -0.584. The molecule has 0 aromatic carbocycles. The zero-order valence-electron chi connectivity index (χ0n) is 12.0. The second-order valence-corrected chi connectivity index (χ2v) is 6.03. The van der Waals surface area contributed by atoms with Gasteiger partial charge in [0.2, 0.25) is 0 Å². The lowest BCUT2D eigenvalue weighted by Crippen LogP contribution is -2.39. The molecule has 1 saturated heterocycles. The number of hydrogen-bond acceptors (Lipinski definition) is 6. The van der Waals surface area contributed by atoms with E-state index in [2.05, 4.69) is 9.42 Å². The van der Waals surface area contributed by atoms with Gasteiger partial charge in [-0.2, -0.15) is 0 Å². The van der Waals surface area contributed by atoms with Gasteiger partial charge in [-0.15, -0.1) is 9.42 Å². The van der Waals surface area contributed by atoms with E-state index >= 15 is 0 Å². The van der Waals surface area contributed by atoms with Gasteiger partial charge in [0.25, 0.3) is 0 Å². The maximum absolute atomic E-state index is 11.9. The van der Waals surface area contributed by atoms with Gasteiger partial charge >= 0.3 is 14.2 Å². The highest BCUT2D eigenvalue weighted by atomic mass is 31.1. The fourth-order valence-corrected chi connectivity index (χ4v) is 2.04. The summed E-state index contributed by atoms with van der Waals surface area (Å²) in [5, 5.41) is 0. The third-order valence-electron chi connectivity index (χ3n) is 3.23. The number of hydrogen-bond donors (Lipinski definition) is 1. The Balaban J connectivity index is 2.23. The van der Waals surface area contributed by atoms with Gasteiger partial charge < -0.3 is 9.47 Å². The number of carbonyl (C=O) groups excluding carboxylic acids is 1. The highest BCUT2D eigenvalue weighted by molar-refractivity contribution is 7.32. The molecule has 7 nitrogen and oxygen atoms in total. The molecule has 1 aliphatic rings. The Morgan fingerprint density at radius 2 is 2.00 bits per heavy atom. The zero-order valence-corrected chi connectivity index (χ0v) is 12.9. The summed E-state index contributed by atoms with van der Waals surface area (Å²) < 4.78 is 25.0. The minimum Gasteiger partial charge on any atom is -0.463 e. The first kappa shape index (κ1) is 17.5. The van der Waals surface area contributed by atoms with E-state index in [0.717, 1.165) is 32.8 Å². The molecule has 0 aromatic rings. The molecule has 8 heteroatoms. The van der Waals surface area contributed by atoms with Crippen molar-refractivity contribution in [3.8, 4) is 0 Å². The first-order chi connectivity index (χ1) is 9.42. The van der Waals surface area contributed by atoms with Crippen molar-refractivity contribution in [1.29, 1.82) is 0 Å². The highest BCUT2D eigenvalue weighted by Gasteiger charge is 2.30. The van der Waals surface area contributed by atoms with Crippen LogP contribution in [-0.2, 0) is 23.4 Å². The van der Waals surface area contributed by atoms with E-state index < -0.39 is 13.7 Å². The lowest BCUT2D eigenvalue weighted by molar-refractivity contribution is -0.155. The second kappa shape index (κ2) is 8.64. The number of ether oxygens (including phenoxy) is 2. The fourth-order valence-electron chi connectivity index (χ4n) is 1.81. The summed E-state index contributed by atoms with van der Waals surface area (Å²) in [6.45, 7) is 7.67. The highest BCUT2D eigenvalue weighted by Crippen LogP contribution is 2.23. The van der Waals surface area contributed by atoms with Crippen LogP contribution in [0.5, 0.6) is 0 Å². The Labute approximate surface area is 120 Å². The van der Waals surface area contributed by atoms with Crippen LogP contribution in [0.3, 0.4) is 0 Å². The quantitative estimate of drug-likeness (QED) is 0.406. The normalized spacial score (nSPS) is 17.9. The third kappa shape index (κ3) is 6.72. The summed E-state index contributed by atoms with van der Waals surface area (Å²) in [6.07, 6.45) is 0.695. The molecule has 0 aromatic heterocycles. The molecule has 0 saturated carbocycles. The SMILES string of the molecule is CC(C)(CCN1CCOCC1)C(=O)OCCO[P+](=O)O. The number of rotatable bonds is 8. The smallest absolute Gasteiger partial charge is 0.463 e. The van der Waals surface area contributed by atoms with Crippen molar-refractivity contribution < 1.29 is 28.3 Å². The summed E-state index contributed by atoms with van der Waals surface area (Å²) in [4.78, 5) is 22.6. The van der Waals surface area contributed by atoms with Crippen LogP contribution < -0.4 is 0 Å². The molecule has 116 valence electrons. The number of morpholine rings is 1. The zero-order chi connectivity index (χ0) is 15.0. The van der Waals surface area contributed by atoms with Crippen molar-refractivity contribution in [2.45, 2.75) is 20.3 Å². The second-order valence-electron chi connectivity index (χ2n) is 5.29. The molecule has 20 heavy (non-hydrogen) atoms. The minimum absolute atomic E-state index is 0.0124. The summed E-state index contributed by atoms with van der Waals surface area (Å²) in [5.74, 6) is -0.317. The number of nitrogens with zero attached hydrogens (tertiary/aromatic N) is 1. The van der Waals surface area contributed by atoms with Gasteiger partial charge in [0.05, 0.1) is 18.6 Å². The van der Waals surface area contributed by atoms with Gasteiger partial charge in [-0.1, -0.05) is 0 Å². The van der Waals surface area contributed by atoms with Crippen LogP contribution >= 0.6 is 8.25 Å². The molecule has 0 aliphatic carbocycles. The third-order valence-corrected chi connectivity index (χ3v) is 3.63. The first-order valence-corrected chi connectivity index (χ1v) is 7.81. The molecule has 1 aliphatic heterocycles. The monoisotopic (exact) mass is 308 g/mol. The maximum atomic E-state index is 11.9. The topological polar surface area (TPSA) is 85.3 Å². The molecule has 1 N–H and O–H groups in total. The van der Waals surface area contributed by atoms with E-state index in [9.17, 15) is 9.36 Å². The van der Waals surface area contributed by atoms with Gasteiger partial charge in [0, 0.05) is 17.7 Å². The lowest BCUT2D eigenvalue weighted by Gasteiger charge is -2.30. The Kier molecular flexibility index (Phi) is 7.55. The van der Waals surface area contributed by atoms with Gasteiger partial charge in [0.15, 0.2) is 0 Å². The van der Waals surface area contributed by atoms with Crippen molar-refractivity contribution in [3.63, 3.8) is 0 Å². The van der Waals surface area contributed by atoms with Gasteiger partial charge in [-0.25, -0.2) is 0 Å². The standard InChI is InChI=1S/C12H22NO6P/c1-12(2,3-4-13-5-7-17-8-6-13)11(14)18-9-10-19-20(15)16/h3-10H2,1-2H3/p+1. The Morgan fingerprint density at radius 1 is 1.35 bits per heavy atom. The molecule has 1 heterocycles. The molecule has 1 unspecified atom stereocenters. The van der Waals surface area contributed by atoms with E-state index in [1.165, 1.54) is 0 Å². The van der Waals surface area contributed by atoms with Crippen LogP contribution in [0.2, 0.25) is 0 Å². The number of esters is 1. The van der Waals surface area contributed by atoms with E-state index in [-0.39, 0.29) is 19.2 Å². The Morgan fingerprint density at radius 3 is 2.60 bits per heavy atom. The summed E-state index contributed by atoms with van der Waals surface area (Å²) in [6, 6.07) is 0.